The molecular formula is C22H27N5O2. The number of ether oxygens (including phenoxy) is 1. The van der Waals surface area contributed by atoms with Gasteiger partial charge in [0, 0.05) is 38.8 Å². The Hall–Kier alpha value is -2.67. The molecule has 7 nitrogen and oxygen atoms in total. The maximum absolute atomic E-state index is 12.8. The summed E-state index contributed by atoms with van der Waals surface area (Å²) < 4.78 is 5.48. The Balaban J connectivity index is 1.43. The van der Waals surface area contributed by atoms with E-state index in [0.29, 0.717) is 30.8 Å². The maximum Gasteiger partial charge on any atom is 0.270 e. The molecule has 29 heavy (non-hydrogen) atoms. The molecule has 7 heteroatoms. The van der Waals surface area contributed by atoms with E-state index >= 15 is 0 Å². The van der Waals surface area contributed by atoms with Gasteiger partial charge in [0.05, 0.1) is 13.2 Å². The number of carbonyl (C=O) groups excluding carboxylic acids is 1. The second-order valence-electron chi connectivity index (χ2n) is 8.10. The van der Waals surface area contributed by atoms with Crippen molar-refractivity contribution < 1.29 is 9.53 Å². The average Bonchev–Trinajstić information content (AvgIpc) is 3.62. The zero-order valence-corrected chi connectivity index (χ0v) is 16.6. The van der Waals surface area contributed by atoms with Gasteiger partial charge in [0.1, 0.15) is 11.5 Å². The number of hydrogen-bond acceptors (Lipinski definition) is 6. The van der Waals surface area contributed by atoms with Crippen molar-refractivity contribution in [2.45, 2.75) is 25.8 Å². The Morgan fingerprint density at radius 1 is 1.07 bits per heavy atom. The third-order valence-electron chi connectivity index (χ3n) is 5.93. The molecule has 1 saturated carbocycles. The van der Waals surface area contributed by atoms with Gasteiger partial charge < -0.3 is 19.9 Å². The van der Waals surface area contributed by atoms with Crippen LogP contribution in [0.3, 0.4) is 0 Å². The lowest BCUT2D eigenvalue weighted by Gasteiger charge is -2.31. The molecule has 1 aromatic carbocycles. The molecule has 0 spiro atoms. The van der Waals surface area contributed by atoms with Crippen LogP contribution in [0.25, 0.3) is 0 Å². The van der Waals surface area contributed by atoms with Crippen LogP contribution in [0.5, 0.6) is 0 Å². The van der Waals surface area contributed by atoms with E-state index in [-0.39, 0.29) is 5.91 Å². The molecule has 0 radical (unpaired) electrons. The molecule has 2 aliphatic heterocycles. The average molecular weight is 393 g/mol. The van der Waals surface area contributed by atoms with Crippen molar-refractivity contribution in [3.63, 3.8) is 0 Å². The normalized spacial score (nSPS) is 19.0. The lowest BCUT2D eigenvalue weighted by atomic mass is 10.0. The summed E-state index contributed by atoms with van der Waals surface area (Å²) in [5.41, 5.74) is 3.14. The fourth-order valence-electron chi connectivity index (χ4n) is 3.95. The summed E-state index contributed by atoms with van der Waals surface area (Å²) in [5, 5.41) is 3.05. The minimum absolute atomic E-state index is 0.104. The second kappa shape index (κ2) is 7.99. The van der Waals surface area contributed by atoms with Crippen LogP contribution in [0.15, 0.2) is 30.3 Å². The van der Waals surface area contributed by atoms with Crippen LogP contribution < -0.4 is 15.1 Å². The zero-order chi connectivity index (χ0) is 19.6. The molecule has 1 amide bonds. The van der Waals surface area contributed by atoms with Crippen LogP contribution >= 0.6 is 0 Å². The highest BCUT2D eigenvalue weighted by Gasteiger charge is 2.25. The molecule has 0 atom stereocenters. The van der Waals surface area contributed by atoms with Gasteiger partial charge in [0.2, 0.25) is 5.95 Å². The number of morpholine rings is 1. The van der Waals surface area contributed by atoms with Crippen molar-refractivity contribution in [2.75, 3.05) is 49.2 Å². The molecule has 1 aromatic heterocycles. The number of fused-ring (bicyclic) bond motifs is 1. The van der Waals surface area contributed by atoms with Gasteiger partial charge >= 0.3 is 0 Å². The van der Waals surface area contributed by atoms with Gasteiger partial charge in [-0.15, -0.1) is 0 Å². The number of hydrogen-bond donors (Lipinski definition) is 1. The summed E-state index contributed by atoms with van der Waals surface area (Å²) in [7, 11) is 0. The van der Waals surface area contributed by atoms with Crippen LogP contribution in [0.1, 0.15) is 34.5 Å². The zero-order valence-electron chi connectivity index (χ0n) is 16.6. The number of aromatic nitrogens is 2. The summed E-state index contributed by atoms with van der Waals surface area (Å²) in [6.07, 6.45) is 3.38. The second-order valence-corrected chi connectivity index (χ2v) is 8.10. The topological polar surface area (TPSA) is 70.6 Å². The van der Waals surface area contributed by atoms with Crippen LogP contribution in [0, 0.1) is 5.92 Å². The van der Waals surface area contributed by atoms with Crippen LogP contribution in [-0.2, 0) is 17.7 Å². The van der Waals surface area contributed by atoms with Crippen LogP contribution in [0.4, 0.5) is 11.8 Å². The largest absolute Gasteiger partial charge is 0.378 e. The third kappa shape index (κ3) is 4.19. The quantitative estimate of drug-likeness (QED) is 0.838. The molecule has 0 bridgehead atoms. The first kappa shape index (κ1) is 18.4. The number of benzene rings is 1. The van der Waals surface area contributed by atoms with E-state index in [1.807, 2.05) is 6.07 Å². The minimum Gasteiger partial charge on any atom is -0.378 e. The lowest BCUT2D eigenvalue weighted by Crippen LogP contribution is -2.38. The molecule has 1 saturated heterocycles. The Morgan fingerprint density at radius 3 is 2.66 bits per heavy atom. The maximum atomic E-state index is 12.8. The number of carbonyl (C=O) groups is 1. The monoisotopic (exact) mass is 393 g/mol. The van der Waals surface area contributed by atoms with Gasteiger partial charge in [-0.25, -0.2) is 4.98 Å². The molecule has 5 rings (SSSR count). The van der Waals surface area contributed by atoms with E-state index in [4.69, 9.17) is 9.72 Å². The van der Waals surface area contributed by atoms with Crippen LogP contribution in [0.2, 0.25) is 0 Å². The summed E-state index contributed by atoms with van der Waals surface area (Å²) >= 11 is 0. The molecule has 1 N–H and O–H groups in total. The van der Waals surface area contributed by atoms with Gasteiger partial charge in [-0.2, -0.15) is 4.98 Å². The van der Waals surface area contributed by atoms with Crippen LogP contribution in [-0.4, -0.2) is 55.3 Å². The van der Waals surface area contributed by atoms with E-state index in [1.165, 1.54) is 24.0 Å². The van der Waals surface area contributed by atoms with Gasteiger partial charge in [-0.05, 0) is 36.3 Å². The summed E-state index contributed by atoms with van der Waals surface area (Å²) in [4.78, 5) is 26.7. The van der Waals surface area contributed by atoms with Gasteiger partial charge in [-0.3, -0.25) is 4.79 Å². The standard InChI is InChI=1S/C22H27N5O2/c28-21(23-14-16-5-6-16)19-13-20(26-9-11-29-12-10-26)25-22(24-19)27-8-7-17-3-1-2-4-18(17)15-27/h1-4,13,16H,5-12,14-15H2,(H,23,28). The van der Waals surface area contributed by atoms with Crippen molar-refractivity contribution in [3.05, 3.63) is 47.2 Å². The molecule has 2 aromatic rings. The fraction of sp³-hybridized carbons (Fsp3) is 0.500. The molecular weight excluding hydrogens is 366 g/mol. The third-order valence-corrected chi connectivity index (χ3v) is 5.93. The van der Waals surface area contributed by atoms with Crippen molar-refractivity contribution >= 4 is 17.7 Å². The van der Waals surface area contributed by atoms with Crippen molar-refractivity contribution in [3.8, 4) is 0 Å². The predicted molar refractivity (Wildman–Crippen MR) is 111 cm³/mol. The summed E-state index contributed by atoms with van der Waals surface area (Å²) in [5.74, 6) is 1.99. The number of rotatable bonds is 5. The van der Waals surface area contributed by atoms with Gasteiger partial charge in [0.25, 0.3) is 5.91 Å². The first-order valence-corrected chi connectivity index (χ1v) is 10.6. The van der Waals surface area contributed by atoms with E-state index in [9.17, 15) is 4.79 Å². The Kier molecular flexibility index (Phi) is 5.06. The molecule has 152 valence electrons. The number of anilines is 2. The van der Waals surface area contributed by atoms with E-state index < -0.39 is 0 Å². The molecule has 3 heterocycles. The molecule has 0 unspecified atom stereocenters. The van der Waals surface area contributed by atoms with E-state index in [0.717, 1.165) is 45.0 Å². The first-order chi connectivity index (χ1) is 14.3. The summed E-state index contributed by atoms with van der Waals surface area (Å²) in [6.45, 7) is 5.28. The Bertz CT molecular complexity index is 893. The van der Waals surface area contributed by atoms with Crippen molar-refractivity contribution in [1.82, 2.24) is 15.3 Å². The number of nitrogens with zero attached hydrogens (tertiary/aromatic N) is 4. The predicted octanol–water partition coefficient (Wildman–Crippen LogP) is 2.02. The highest BCUT2D eigenvalue weighted by Crippen LogP contribution is 2.28. The molecule has 2 fully saturated rings. The SMILES string of the molecule is O=C(NCC1CC1)c1cc(N2CCOCC2)nc(N2CCc3ccccc3C2)n1. The summed E-state index contributed by atoms with van der Waals surface area (Å²) in [6, 6.07) is 10.3. The van der Waals surface area contributed by atoms with Gasteiger partial charge in [0.15, 0.2) is 0 Å². The highest BCUT2D eigenvalue weighted by atomic mass is 16.5. The highest BCUT2D eigenvalue weighted by molar-refractivity contribution is 5.93. The Labute approximate surface area is 171 Å². The van der Waals surface area contributed by atoms with Crippen molar-refractivity contribution in [2.24, 2.45) is 5.92 Å². The van der Waals surface area contributed by atoms with Crippen molar-refractivity contribution in [1.29, 1.82) is 0 Å². The number of amides is 1. The lowest BCUT2D eigenvalue weighted by molar-refractivity contribution is 0.0946. The number of nitrogens with one attached hydrogen (secondary N) is 1. The molecule has 1 aliphatic carbocycles. The fourth-order valence-corrected chi connectivity index (χ4v) is 3.95. The Morgan fingerprint density at radius 2 is 1.86 bits per heavy atom. The minimum atomic E-state index is -0.104. The molecule has 3 aliphatic rings. The first-order valence-electron chi connectivity index (χ1n) is 10.6. The van der Waals surface area contributed by atoms with E-state index in [2.05, 4.69) is 44.4 Å². The van der Waals surface area contributed by atoms with Gasteiger partial charge in [-0.1, -0.05) is 24.3 Å². The smallest absolute Gasteiger partial charge is 0.270 e. The van der Waals surface area contributed by atoms with E-state index in [1.54, 1.807) is 0 Å².